The summed E-state index contributed by atoms with van der Waals surface area (Å²) in [6, 6.07) is 4.71. The predicted octanol–water partition coefficient (Wildman–Crippen LogP) is 4.40. The number of benzene rings is 1. The van der Waals surface area contributed by atoms with Crippen molar-refractivity contribution in [2.75, 3.05) is 26.2 Å². The third-order valence-electron chi connectivity index (χ3n) is 4.93. The molecule has 1 N–H and O–H groups in total. The Hall–Kier alpha value is -1.50. The zero-order chi connectivity index (χ0) is 18.8. The Labute approximate surface area is 155 Å². The van der Waals surface area contributed by atoms with Crippen LogP contribution in [0.25, 0.3) is 0 Å². The summed E-state index contributed by atoms with van der Waals surface area (Å²) < 4.78 is 0. The van der Waals surface area contributed by atoms with Crippen LogP contribution < -0.4 is 0 Å². The van der Waals surface area contributed by atoms with Crippen LogP contribution in [0.2, 0.25) is 0 Å². The zero-order valence-electron chi connectivity index (χ0n) is 17.0. The van der Waals surface area contributed by atoms with E-state index in [0.717, 1.165) is 49.4 Å². The molecule has 0 spiro atoms. The fourth-order valence-electron chi connectivity index (χ4n) is 3.61. The highest BCUT2D eigenvalue weighted by atomic mass is 16.3. The molecule has 0 amide bonds. The van der Waals surface area contributed by atoms with Crippen LogP contribution in [0.15, 0.2) is 12.1 Å². The second-order valence-electron chi connectivity index (χ2n) is 6.40. The van der Waals surface area contributed by atoms with Gasteiger partial charge in [0.05, 0.1) is 0 Å². The fraction of sp³-hybridized carbons (Fsp3) is 0.636. The van der Waals surface area contributed by atoms with Gasteiger partial charge in [-0.3, -0.25) is 4.90 Å². The first kappa shape index (κ1) is 21.5. The molecule has 1 aromatic carbocycles. The Morgan fingerprint density at radius 1 is 1.16 bits per heavy atom. The summed E-state index contributed by atoms with van der Waals surface area (Å²) >= 11 is 0. The molecule has 3 heteroatoms. The van der Waals surface area contributed by atoms with Crippen LogP contribution in [-0.4, -0.2) is 47.1 Å². The molecule has 0 aliphatic carbocycles. The summed E-state index contributed by atoms with van der Waals surface area (Å²) in [4.78, 5) is 5.02. The Morgan fingerprint density at radius 3 is 2.28 bits per heavy atom. The third-order valence-corrected chi connectivity index (χ3v) is 4.93. The number of aryl methyl sites for hydroxylation is 1. The van der Waals surface area contributed by atoms with Crippen LogP contribution >= 0.6 is 0 Å². The van der Waals surface area contributed by atoms with Crippen molar-refractivity contribution in [3.8, 4) is 17.6 Å². The van der Waals surface area contributed by atoms with Gasteiger partial charge in [-0.15, -0.1) is 5.92 Å². The Bertz CT molecular complexity index is 574. The molecule has 25 heavy (non-hydrogen) atoms. The second kappa shape index (κ2) is 11.2. The molecule has 0 aromatic heterocycles. The fourth-order valence-corrected chi connectivity index (χ4v) is 3.61. The highest BCUT2D eigenvalue weighted by molar-refractivity contribution is 5.48. The van der Waals surface area contributed by atoms with Gasteiger partial charge in [-0.05, 0) is 70.6 Å². The van der Waals surface area contributed by atoms with E-state index in [1.54, 1.807) is 0 Å². The van der Waals surface area contributed by atoms with Crippen molar-refractivity contribution in [2.45, 2.75) is 67.0 Å². The van der Waals surface area contributed by atoms with Gasteiger partial charge in [0.2, 0.25) is 0 Å². The molecule has 0 radical (unpaired) electrons. The van der Waals surface area contributed by atoms with Gasteiger partial charge in [0, 0.05) is 23.7 Å². The quantitative estimate of drug-likeness (QED) is 0.802. The maximum Gasteiger partial charge on any atom is 0.123 e. The van der Waals surface area contributed by atoms with Crippen molar-refractivity contribution in [1.82, 2.24) is 9.80 Å². The molecule has 0 atom stereocenters. The maximum absolute atomic E-state index is 10.4. The monoisotopic (exact) mass is 344 g/mol. The predicted molar refractivity (Wildman–Crippen MR) is 108 cm³/mol. The van der Waals surface area contributed by atoms with Crippen LogP contribution in [0.4, 0.5) is 0 Å². The van der Waals surface area contributed by atoms with Crippen molar-refractivity contribution in [3.05, 3.63) is 28.8 Å². The topological polar surface area (TPSA) is 26.7 Å². The first-order chi connectivity index (χ1) is 12.1. The van der Waals surface area contributed by atoms with Gasteiger partial charge < -0.3 is 10.0 Å². The van der Waals surface area contributed by atoms with E-state index < -0.39 is 0 Å². The number of nitrogens with zero attached hydrogens (tertiary/aromatic N) is 2. The molecule has 1 fully saturated rings. The smallest absolute Gasteiger partial charge is 0.123 e. The van der Waals surface area contributed by atoms with Crippen LogP contribution in [-0.2, 0) is 6.54 Å². The highest BCUT2D eigenvalue weighted by Gasteiger charge is 2.23. The van der Waals surface area contributed by atoms with E-state index in [0.29, 0.717) is 11.8 Å². The van der Waals surface area contributed by atoms with Gasteiger partial charge in [-0.25, -0.2) is 0 Å². The molecule has 0 saturated carbocycles. The van der Waals surface area contributed by atoms with Crippen LogP contribution in [0.5, 0.6) is 5.75 Å². The average molecular weight is 345 g/mol. The first-order valence-electron chi connectivity index (χ1n) is 9.80. The number of rotatable bonds is 5. The molecule has 140 valence electrons. The van der Waals surface area contributed by atoms with Gasteiger partial charge in [-0.1, -0.05) is 33.6 Å². The summed E-state index contributed by atoms with van der Waals surface area (Å²) in [7, 11) is 0. The molecule has 0 unspecified atom stereocenters. The number of hydrogen-bond acceptors (Lipinski definition) is 3. The third kappa shape index (κ3) is 6.06. The molecular formula is C22H36N2O. The van der Waals surface area contributed by atoms with Crippen LogP contribution in [0.3, 0.4) is 0 Å². The van der Waals surface area contributed by atoms with Gasteiger partial charge >= 0.3 is 0 Å². The lowest BCUT2D eigenvalue weighted by molar-refractivity contribution is 0.112. The van der Waals surface area contributed by atoms with Crippen molar-refractivity contribution in [2.24, 2.45) is 0 Å². The Kier molecular flexibility index (Phi) is 9.63. The van der Waals surface area contributed by atoms with E-state index in [-0.39, 0.29) is 0 Å². The lowest BCUT2D eigenvalue weighted by Crippen LogP contribution is -2.44. The van der Waals surface area contributed by atoms with Gasteiger partial charge in [0.15, 0.2) is 0 Å². The summed E-state index contributed by atoms with van der Waals surface area (Å²) in [5.41, 5.74) is 2.91. The van der Waals surface area contributed by atoms with E-state index in [9.17, 15) is 5.11 Å². The minimum absolute atomic E-state index is 0.428. The number of aromatic hydroxyl groups is 1. The van der Waals surface area contributed by atoms with Gasteiger partial charge in [0.1, 0.15) is 5.75 Å². The molecule has 0 bridgehead atoms. The van der Waals surface area contributed by atoms with Crippen molar-refractivity contribution in [3.63, 3.8) is 0 Å². The number of piperidine rings is 1. The largest absolute Gasteiger partial charge is 0.507 e. The molecular weight excluding hydrogens is 308 g/mol. The zero-order valence-corrected chi connectivity index (χ0v) is 17.0. The van der Waals surface area contributed by atoms with Crippen LogP contribution in [0.1, 0.15) is 64.2 Å². The van der Waals surface area contributed by atoms with E-state index in [1.165, 1.54) is 12.8 Å². The van der Waals surface area contributed by atoms with Crippen molar-refractivity contribution >= 4 is 0 Å². The molecule has 1 aromatic rings. The van der Waals surface area contributed by atoms with Gasteiger partial charge in [0.25, 0.3) is 0 Å². The van der Waals surface area contributed by atoms with Crippen molar-refractivity contribution < 1.29 is 5.11 Å². The van der Waals surface area contributed by atoms with E-state index in [1.807, 2.05) is 39.8 Å². The van der Waals surface area contributed by atoms with Gasteiger partial charge in [-0.2, -0.15) is 0 Å². The highest BCUT2D eigenvalue weighted by Crippen LogP contribution is 2.26. The molecule has 1 aliphatic rings. The number of likely N-dealkylation sites (tertiary alicyclic amines) is 1. The summed E-state index contributed by atoms with van der Waals surface area (Å²) in [6.45, 7) is 17.6. The molecule has 1 saturated heterocycles. The number of hydrogen-bond donors (Lipinski definition) is 1. The SMILES string of the molecule is CC.CC#Cc1cc(C)c(O)c(CN2CCC(N(CC)CC)CC2)c1. The lowest BCUT2D eigenvalue weighted by atomic mass is 10.0. The summed E-state index contributed by atoms with van der Waals surface area (Å²) in [6.07, 6.45) is 2.44. The summed E-state index contributed by atoms with van der Waals surface area (Å²) in [5.74, 6) is 6.47. The number of phenolic OH excluding ortho intramolecular Hbond substituents is 1. The standard InChI is InChI=1S/C20H30N2O.C2H6/c1-5-8-17-13-16(4)20(23)18(14-17)15-21-11-9-19(10-12-21)22(6-2)7-3;1-2/h13-14,19,23H,6-7,9-12,15H2,1-4H3;1-2H3. The normalized spacial score (nSPS) is 15.3. The first-order valence-corrected chi connectivity index (χ1v) is 9.80. The molecule has 3 nitrogen and oxygen atoms in total. The van der Waals surface area contributed by atoms with E-state index in [2.05, 4.69) is 35.5 Å². The molecule has 1 heterocycles. The Morgan fingerprint density at radius 2 is 1.76 bits per heavy atom. The minimum atomic E-state index is 0.428. The van der Waals surface area contributed by atoms with Crippen molar-refractivity contribution in [1.29, 1.82) is 0 Å². The molecule has 1 aliphatic heterocycles. The summed E-state index contributed by atoms with van der Waals surface area (Å²) in [5, 5.41) is 10.4. The maximum atomic E-state index is 10.4. The van der Waals surface area contributed by atoms with E-state index >= 15 is 0 Å². The molecule has 2 rings (SSSR count). The number of phenols is 1. The van der Waals surface area contributed by atoms with Crippen LogP contribution in [0, 0.1) is 18.8 Å². The Balaban J connectivity index is 0.00000151. The second-order valence-corrected chi connectivity index (χ2v) is 6.40. The van der Waals surface area contributed by atoms with E-state index in [4.69, 9.17) is 0 Å². The lowest BCUT2D eigenvalue weighted by Gasteiger charge is -2.37. The minimum Gasteiger partial charge on any atom is -0.507 e. The average Bonchev–Trinajstić information content (AvgIpc) is 2.63.